The topological polar surface area (TPSA) is 46.3 Å². The van der Waals surface area contributed by atoms with Gasteiger partial charge in [-0.3, -0.25) is 4.79 Å². The molecule has 2 aromatic carbocycles. The molecule has 0 unspecified atom stereocenters. The van der Waals surface area contributed by atoms with Crippen LogP contribution in [0.2, 0.25) is 0 Å². The van der Waals surface area contributed by atoms with Crippen molar-refractivity contribution in [3.05, 3.63) is 70.8 Å². The molecule has 3 heteroatoms. The van der Waals surface area contributed by atoms with E-state index in [1.165, 1.54) is 5.56 Å². The Kier molecular flexibility index (Phi) is 3.99. The Labute approximate surface area is 131 Å². The number of hydrogen-bond acceptors (Lipinski definition) is 2. The molecule has 2 aromatic rings. The van der Waals surface area contributed by atoms with Crippen LogP contribution in [0.15, 0.2) is 48.5 Å². The predicted octanol–water partition coefficient (Wildman–Crippen LogP) is 2.87. The summed E-state index contributed by atoms with van der Waals surface area (Å²) in [5, 5.41) is 0. The summed E-state index contributed by atoms with van der Waals surface area (Å²) in [6, 6.07) is 16.3. The third-order valence-electron chi connectivity index (χ3n) is 4.50. The quantitative estimate of drug-likeness (QED) is 0.925. The van der Waals surface area contributed by atoms with Crippen LogP contribution in [0.1, 0.15) is 33.0 Å². The zero-order chi connectivity index (χ0) is 15.7. The highest BCUT2D eigenvalue weighted by molar-refractivity contribution is 5.96. The fraction of sp³-hybridized carbons (Fsp3) is 0.316. The summed E-state index contributed by atoms with van der Waals surface area (Å²) >= 11 is 0. The van der Waals surface area contributed by atoms with Gasteiger partial charge in [0.2, 0.25) is 0 Å². The molecule has 1 saturated heterocycles. The van der Waals surface area contributed by atoms with Gasteiger partial charge in [0.1, 0.15) is 0 Å². The smallest absolute Gasteiger partial charge is 0.254 e. The second kappa shape index (κ2) is 5.93. The number of likely N-dealkylation sites (tertiary alicyclic amines) is 1. The van der Waals surface area contributed by atoms with Crippen LogP contribution >= 0.6 is 0 Å². The van der Waals surface area contributed by atoms with Gasteiger partial charge in [0, 0.05) is 30.6 Å². The van der Waals surface area contributed by atoms with E-state index >= 15 is 0 Å². The fourth-order valence-electron chi connectivity index (χ4n) is 3.18. The highest BCUT2D eigenvalue weighted by Gasteiger charge is 2.34. The van der Waals surface area contributed by atoms with Crippen LogP contribution in [-0.2, 0) is 0 Å². The van der Waals surface area contributed by atoms with Gasteiger partial charge in [-0.15, -0.1) is 0 Å². The second-order valence-corrected chi connectivity index (χ2v) is 6.21. The van der Waals surface area contributed by atoms with Gasteiger partial charge in [0.05, 0.1) is 0 Å². The summed E-state index contributed by atoms with van der Waals surface area (Å²) < 4.78 is 0. The highest BCUT2D eigenvalue weighted by Crippen LogP contribution is 2.28. The SMILES string of the molecule is Cc1ccc(C)c(C(=O)N2C[C@@H](N)[C@H](c3ccccc3)C2)c1. The van der Waals surface area contributed by atoms with Crippen molar-refractivity contribution in [2.45, 2.75) is 25.8 Å². The minimum atomic E-state index is -0.00327. The molecule has 3 nitrogen and oxygen atoms in total. The predicted molar refractivity (Wildman–Crippen MR) is 89.0 cm³/mol. The minimum Gasteiger partial charge on any atom is -0.336 e. The number of hydrogen-bond donors (Lipinski definition) is 1. The largest absolute Gasteiger partial charge is 0.336 e. The number of nitrogens with two attached hydrogens (primary N) is 1. The minimum absolute atomic E-state index is 0.00327. The number of carbonyl (C=O) groups is 1. The molecule has 1 amide bonds. The zero-order valence-electron chi connectivity index (χ0n) is 13.1. The first kappa shape index (κ1) is 14.8. The molecule has 0 saturated carbocycles. The summed E-state index contributed by atoms with van der Waals surface area (Å²) in [6.45, 7) is 5.30. The maximum atomic E-state index is 12.8. The third-order valence-corrected chi connectivity index (χ3v) is 4.50. The van der Waals surface area contributed by atoms with Gasteiger partial charge in [-0.1, -0.05) is 48.0 Å². The van der Waals surface area contributed by atoms with E-state index in [0.717, 1.165) is 16.7 Å². The first-order valence-corrected chi connectivity index (χ1v) is 7.73. The summed E-state index contributed by atoms with van der Waals surface area (Å²) in [5.74, 6) is 0.311. The van der Waals surface area contributed by atoms with Gasteiger partial charge < -0.3 is 10.6 Å². The van der Waals surface area contributed by atoms with Crippen molar-refractivity contribution in [2.75, 3.05) is 13.1 Å². The molecule has 0 aromatic heterocycles. The summed E-state index contributed by atoms with van der Waals surface area (Å²) in [7, 11) is 0. The number of benzene rings is 2. The lowest BCUT2D eigenvalue weighted by Crippen LogP contribution is -2.32. The van der Waals surface area contributed by atoms with E-state index in [9.17, 15) is 4.79 Å². The maximum Gasteiger partial charge on any atom is 0.254 e. The Morgan fingerprint density at radius 1 is 1.09 bits per heavy atom. The lowest BCUT2D eigenvalue weighted by molar-refractivity contribution is 0.0788. The first-order valence-electron chi connectivity index (χ1n) is 7.73. The van der Waals surface area contributed by atoms with Crippen LogP contribution in [0.3, 0.4) is 0 Å². The van der Waals surface area contributed by atoms with E-state index in [-0.39, 0.29) is 17.9 Å². The van der Waals surface area contributed by atoms with Gasteiger partial charge in [-0.2, -0.15) is 0 Å². The number of rotatable bonds is 2. The molecule has 1 aliphatic heterocycles. The maximum absolute atomic E-state index is 12.8. The van der Waals surface area contributed by atoms with Crippen LogP contribution < -0.4 is 5.73 Å². The van der Waals surface area contributed by atoms with E-state index in [1.807, 2.05) is 55.1 Å². The molecule has 0 spiro atoms. The summed E-state index contributed by atoms with van der Waals surface area (Å²) in [6.07, 6.45) is 0. The monoisotopic (exact) mass is 294 g/mol. The van der Waals surface area contributed by atoms with Gasteiger partial charge in [-0.05, 0) is 31.0 Å². The second-order valence-electron chi connectivity index (χ2n) is 6.21. The van der Waals surface area contributed by atoms with Crippen molar-refractivity contribution < 1.29 is 4.79 Å². The molecule has 1 heterocycles. The Morgan fingerprint density at radius 2 is 1.82 bits per heavy atom. The molecular weight excluding hydrogens is 272 g/mol. The van der Waals surface area contributed by atoms with Crippen molar-refractivity contribution in [2.24, 2.45) is 5.73 Å². The highest BCUT2D eigenvalue weighted by atomic mass is 16.2. The van der Waals surface area contributed by atoms with Crippen molar-refractivity contribution in [3.8, 4) is 0 Å². The number of nitrogens with zero attached hydrogens (tertiary/aromatic N) is 1. The average molecular weight is 294 g/mol. The molecule has 2 atom stereocenters. The third kappa shape index (κ3) is 2.77. The van der Waals surface area contributed by atoms with Crippen LogP contribution in [0, 0.1) is 13.8 Å². The van der Waals surface area contributed by atoms with Crippen molar-refractivity contribution >= 4 is 5.91 Å². The zero-order valence-corrected chi connectivity index (χ0v) is 13.1. The van der Waals surface area contributed by atoms with Crippen molar-refractivity contribution in [3.63, 3.8) is 0 Å². The van der Waals surface area contributed by atoms with Gasteiger partial charge >= 0.3 is 0 Å². The Bertz CT molecular complexity index is 681. The van der Waals surface area contributed by atoms with E-state index in [4.69, 9.17) is 5.73 Å². The average Bonchev–Trinajstić information content (AvgIpc) is 2.92. The van der Waals surface area contributed by atoms with Crippen molar-refractivity contribution in [1.29, 1.82) is 0 Å². The molecule has 0 radical (unpaired) electrons. The van der Waals surface area contributed by atoms with Crippen LogP contribution in [-0.4, -0.2) is 29.9 Å². The normalized spacial score (nSPS) is 21.1. The Morgan fingerprint density at radius 3 is 2.55 bits per heavy atom. The number of aryl methyl sites for hydroxylation is 2. The van der Waals surface area contributed by atoms with E-state index in [0.29, 0.717) is 13.1 Å². The Balaban J connectivity index is 1.82. The summed E-state index contributed by atoms with van der Waals surface area (Å²) in [4.78, 5) is 14.7. The Hall–Kier alpha value is -2.13. The fourth-order valence-corrected chi connectivity index (χ4v) is 3.18. The van der Waals surface area contributed by atoms with Gasteiger partial charge in [-0.25, -0.2) is 0 Å². The number of carbonyl (C=O) groups excluding carboxylic acids is 1. The molecule has 0 aliphatic carbocycles. The molecule has 114 valence electrons. The lowest BCUT2D eigenvalue weighted by Gasteiger charge is -2.18. The standard InChI is InChI=1S/C19H22N2O/c1-13-8-9-14(2)16(10-13)19(22)21-11-17(18(20)12-21)15-6-4-3-5-7-15/h3-10,17-18H,11-12,20H2,1-2H3/t17-,18+/m0/s1. The van der Waals surface area contributed by atoms with E-state index < -0.39 is 0 Å². The first-order chi connectivity index (χ1) is 10.6. The molecule has 1 fully saturated rings. The molecular formula is C19H22N2O. The van der Waals surface area contributed by atoms with Crippen LogP contribution in [0.25, 0.3) is 0 Å². The van der Waals surface area contributed by atoms with Gasteiger partial charge in [0.25, 0.3) is 5.91 Å². The molecule has 1 aliphatic rings. The van der Waals surface area contributed by atoms with Gasteiger partial charge in [0.15, 0.2) is 0 Å². The summed E-state index contributed by atoms with van der Waals surface area (Å²) in [5.41, 5.74) is 10.4. The van der Waals surface area contributed by atoms with E-state index in [2.05, 4.69) is 12.1 Å². The lowest BCUT2D eigenvalue weighted by atomic mass is 9.95. The van der Waals surface area contributed by atoms with E-state index in [1.54, 1.807) is 0 Å². The van der Waals surface area contributed by atoms with Crippen LogP contribution in [0.5, 0.6) is 0 Å². The molecule has 22 heavy (non-hydrogen) atoms. The van der Waals surface area contributed by atoms with Crippen molar-refractivity contribution in [1.82, 2.24) is 4.90 Å². The molecule has 0 bridgehead atoms. The number of amides is 1. The van der Waals surface area contributed by atoms with Crippen LogP contribution in [0.4, 0.5) is 0 Å². The molecule has 3 rings (SSSR count). The molecule has 2 N–H and O–H groups in total.